The van der Waals surface area contributed by atoms with E-state index in [1.54, 1.807) is 0 Å². The van der Waals surface area contributed by atoms with Gasteiger partial charge in [-0.15, -0.1) is 0 Å². The van der Waals surface area contributed by atoms with Crippen molar-refractivity contribution >= 4 is 13.1 Å². The summed E-state index contributed by atoms with van der Waals surface area (Å²) >= 11 is 0. The molecule has 0 fully saturated rings. The van der Waals surface area contributed by atoms with Gasteiger partial charge in [-0.25, -0.2) is 4.57 Å². The molecule has 118 valence electrons. The maximum absolute atomic E-state index is 2.69. The minimum absolute atomic E-state index is 0.269. The van der Waals surface area contributed by atoms with Crippen molar-refractivity contribution < 1.29 is 4.57 Å². The number of aromatic nitrogens is 2. The number of hydrogen-bond donors (Lipinski definition) is 0. The first-order valence-corrected chi connectivity index (χ1v) is 8.48. The summed E-state index contributed by atoms with van der Waals surface area (Å²) in [5.41, 5.74) is 7.24. The highest BCUT2D eigenvalue weighted by Crippen LogP contribution is 2.20. The molecule has 0 unspecified atom stereocenters. The molecule has 3 rings (SSSR count). The fraction of sp³-hybridized carbons (Fsp3) is 0.500. The molecule has 2 aromatic rings. The minimum Gasteiger partial charge on any atom is -0.461 e. The Morgan fingerprint density at radius 2 is 1.73 bits per heavy atom. The first kappa shape index (κ1) is 15.4. The molecule has 2 heterocycles. The third-order valence-corrected chi connectivity index (χ3v) is 5.33. The summed E-state index contributed by atoms with van der Waals surface area (Å²) in [6.07, 6.45) is 4.52. The molecule has 0 saturated carbocycles. The molecule has 0 radical (unpaired) electrons. The quantitative estimate of drug-likeness (QED) is 0.574. The smallest absolute Gasteiger partial charge is 0.158 e. The van der Waals surface area contributed by atoms with E-state index in [4.69, 9.17) is 0 Å². The third kappa shape index (κ3) is 2.61. The Kier molecular flexibility index (Phi) is 3.68. The van der Waals surface area contributed by atoms with E-state index in [0.717, 1.165) is 6.54 Å². The lowest BCUT2D eigenvalue weighted by atomic mass is 9.81. The van der Waals surface area contributed by atoms with Gasteiger partial charge in [-0.2, -0.15) is 0 Å². The fourth-order valence-corrected chi connectivity index (χ4v) is 4.04. The van der Waals surface area contributed by atoms with Gasteiger partial charge in [0, 0.05) is 6.54 Å². The van der Waals surface area contributed by atoms with Gasteiger partial charge in [-0.05, 0) is 37.4 Å². The zero-order valence-electron chi connectivity index (χ0n) is 15.1. The molecule has 1 aliphatic heterocycles. The van der Waals surface area contributed by atoms with Gasteiger partial charge in [0.25, 0.3) is 0 Å². The van der Waals surface area contributed by atoms with Crippen LogP contribution in [-0.2, 0) is 6.54 Å². The molecular weight excluding hydrogens is 269 g/mol. The van der Waals surface area contributed by atoms with Crippen molar-refractivity contribution in [3.05, 3.63) is 41.2 Å². The van der Waals surface area contributed by atoms with Crippen LogP contribution in [0.15, 0.2) is 24.5 Å². The molecule has 4 heteroatoms. The first-order valence-electron chi connectivity index (χ1n) is 8.48. The van der Waals surface area contributed by atoms with E-state index in [-0.39, 0.29) is 13.0 Å². The maximum Gasteiger partial charge on any atom is 0.158 e. The predicted octanol–water partition coefficient (Wildman–Crippen LogP) is 1.51. The van der Waals surface area contributed by atoms with Gasteiger partial charge >= 0.3 is 0 Å². The molecule has 1 aromatic carbocycles. The van der Waals surface area contributed by atoms with Crippen LogP contribution < -0.4 is 10.3 Å². The molecule has 0 bridgehead atoms. The molecule has 0 aliphatic carbocycles. The Morgan fingerprint density at radius 3 is 2.32 bits per heavy atom. The molecule has 0 atom stereocenters. The van der Waals surface area contributed by atoms with Crippen molar-refractivity contribution in [2.75, 3.05) is 6.54 Å². The topological polar surface area (TPSA) is 12.0 Å². The van der Waals surface area contributed by atoms with Crippen molar-refractivity contribution in [1.29, 1.82) is 0 Å². The van der Waals surface area contributed by atoms with Gasteiger partial charge in [-0.3, -0.25) is 4.57 Å². The molecule has 0 spiro atoms. The molecular formula is C18H28BN3. The van der Waals surface area contributed by atoms with Gasteiger partial charge in [0.15, 0.2) is 7.41 Å². The van der Waals surface area contributed by atoms with Crippen LogP contribution in [0.25, 0.3) is 5.69 Å². The molecule has 0 amide bonds. The second-order valence-corrected chi connectivity index (χ2v) is 7.97. The van der Waals surface area contributed by atoms with Crippen molar-refractivity contribution in [3.8, 4) is 5.69 Å². The standard InChI is InChI=1S/C18H28BN3/c1-13-11-14(2)16(15(3)12-13)21-9-7-20-8-10-22(18(4,5)6)19-17(20)21/h7,9,11-12H,8,10,19H2,1-6H3. The van der Waals surface area contributed by atoms with Gasteiger partial charge in [0.1, 0.15) is 18.1 Å². The number of rotatable bonds is 1. The van der Waals surface area contributed by atoms with E-state index < -0.39 is 0 Å². The largest absolute Gasteiger partial charge is 0.461 e. The van der Waals surface area contributed by atoms with E-state index in [1.165, 1.54) is 34.6 Å². The number of aryl methyl sites for hydroxylation is 3. The predicted molar refractivity (Wildman–Crippen MR) is 94.8 cm³/mol. The van der Waals surface area contributed by atoms with Gasteiger partial charge in [0.05, 0.1) is 12.3 Å². The zero-order valence-corrected chi connectivity index (χ0v) is 15.1. The maximum atomic E-state index is 2.69. The van der Waals surface area contributed by atoms with E-state index in [1.807, 2.05) is 0 Å². The summed E-state index contributed by atoms with van der Waals surface area (Å²) in [5, 5.41) is 0. The highest BCUT2D eigenvalue weighted by Gasteiger charge is 2.27. The molecule has 22 heavy (non-hydrogen) atoms. The van der Waals surface area contributed by atoms with E-state index >= 15 is 0 Å². The zero-order chi connectivity index (χ0) is 16.1. The van der Waals surface area contributed by atoms with Crippen LogP contribution in [-0.4, -0.2) is 28.9 Å². The molecule has 0 N–H and O–H groups in total. The highest BCUT2D eigenvalue weighted by atomic mass is 15.2. The number of hydrogen-bond acceptors (Lipinski definition) is 1. The number of imidazole rings is 1. The SMILES string of the molecule is Cc1cc(C)c(-n2cc[n+]3c2[BH2-]N(C(C)(C)C)CC3)c(C)c1. The van der Waals surface area contributed by atoms with Gasteiger partial charge < -0.3 is 4.81 Å². The molecule has 3 nitrogen and oxygen atoms in total. The lowest BCUT2D eigenvalue weighted by molar-refractivity contribution is -0.681. The number of benzene rings is 1. The summed E-state index contributed by atoms with van der Waals surface area (Å²) in [4.78, 5) is 2.69. The van der Waals surface area contributed by atoms with Crippen molar-refractivity contribution in [1.82, 2.24) is 9.38 Å². The Labute approximate surface area is 134 Å². The van der Waals surface area contributed by atoms with Crippen molar-refractivity contribution in [2.45, 2.75) is 53.6 Å². The summed E-state index contributed by atoms with van der Waals surface area (Å²) in [6, 6.07) is 4.59. The van der Waals surface area contributed by atoms with E-state index in [9.17, 15) is 0 Å². The minimum atomic E-state index is -0.301. The second-order valence-electron chi connectivity index (χ2n) is 7.97. The van der Waals surface area contributed by atoms with Crippen LogP contribution in [0.3, 0.4) is 0 Å². The van der Waals surface area contributed by atoms with E-state index in [0.29, 0.717) is 0 Å². The summed E-state index contributed by atoms with van der Waals surface area (Å²) in [7, 11) is -0.301. The fourth-order valence-electron chi connectivity index (χ4n) is 4.04. The van der Waals surface area contributed by atoms with Crippen LogP contribution >= 0.6 is 0 Å². The van der Waals surface area contributed by atoms with Crippen LogP contribution in [0.5, 0.6) is 0 Å². The third-order valence-electron chi connectivity index (χ3n) is 5.33. The van der Waals surface area contributed by atoms with E-state index in [2.05, 4.69) is 80.0 Å². The van der Waals surface area contributed by atoms with Crippen molar-refractivity contribution in [3.63, 3.8) is 0 Å². The lowest BCUT2D eigenvalue weighted by Gasteiger charge is -2.43. The highest BCUT2D eigenvalue weighted by molar-refractivity contribution is 6.48. The number of nitrogens with zero attached hydrogens (tertiary/aromatic N) is 3. The van der Waals surface area contributed by atoms with Crippen molar-refractivity contribution in [2.24, 2.45) is 0 Å². The average Bonchev–Trinajstić information content (AvgIpc) is 2.80. The first-order chi connectivity index (χ1) is 10.3. The number of fused-ring (bicyclic) bond motifs is 1. The Hall–Kier alpha value is -1.55. The second kappa shape index (κ2) is 5.27. The lowest BCUT2D eigenvalue weighted by Crippen LogP contribution is -2.67. The van der Waals surface area contributed by atoms with Crippen LogP contribution in [0, 0.1) is 20.8 Å². The molecule has 1 aliphatic rings. The monoisotopic (exact) mass is 297 g/mol. The Bertz CT molecular complexity index is 687. The Morgan fingerprint density at radius 1 is 1.09 bits per heavy atom. The summed E-state index contributed by atoms with van der Waals surface area (Å²) in [5.74, 6) is 0. The molecule has 1 aromatic heterocycles. The Balaban J connectivity index is 2.08. The normalized spacial score (nSPS) is 15.9. The molecule has 0 saturated heterocycles. The van der Waals surface area contributed by atoms with Gasteiger partial charge in [-0.1, -0.05) is 38.5 Å². The van der Waals surface area contributed by atoms with Crippen LogP contribution in [0.1, 0.15) is 37.5 Å². The van der Waals surface area contributed by atoms with Crippen LogP contribution in [0.2, 0.25) is 0 Å². The summed E-state index contributed by atoms with van der Waals surface area (Å²) in [6.45, 7) is 15.9. The van der Waals surface area contributed by atoms with Crippen LogP contribution in [0.4, 0.5) is 0 Å². The van der Waals surface area contributed by atoms with Gasteiger partial charge in [0.2, 0.25) is 0 Å². The summed E-state index contributed by atoms with van der Waals surface area (Å²) < 4.78 is 4.91. The average molecular weight is 297 g/mol.